The van der Waals surface area contributed by atoms with Crippen molar-refractivity contribution in [2.75, 3.05) is 58.9 Å². The van der Waals surface area contributed by atoms with Crippen LogP contribution in [0.25, 0.3) is 0 Å². The van der Waals surface area contributed by atoms with E-state index in [9.17, 15) is 52.7 Å². The molecular weight excluding hydrogens is 1280 g/mol. The predicted molar refractivity (Wildman–Crippen MR) is 365 cm³/mol. The van der Waals surface area contributed by atoms with Gasteiger partial charge in [-0.3, -0.25) is 85.2 Å². The number of nitrogens with two attached hydrogens (primary N) is 11. The van der Waals surface area contributed by atoms with Gasteiger partial charge < -0.3 is 143 Å². The van der Waals surface area contributed by atoms with Crippen LogP contribution in [0, 0.1) is 32.5 Å². The summed E-state index contributed by atoms with van der Waals surface area (Å²) in [4.78, 5) is 152. The summed E-state index contributed by atoms with van der Waals surface area (Å²) in [6, 6.07) is -13.0. The van der Waals surface area contributed by atoms with Crippen molar-refractivity contribution >= 4 is 101 Å². The van der Waals surface area contributed by atoms with E-state index in [4.69, 9.17) is 95.5 Å². The van der Waals surface area contributed by atoms with Crippen molar-refractivity contribution < 1.29 is 52.7 Å². The first-order valence-corrected chi connectivity index (χ1v) is 32.2. The third kappa shape index (κ3) is 42.2. The third-order valence-corrected chi connectivity index (χ3v) is 14.4. The molecule has 43 N–H and O–H groups in total. The topological polar surface area (TPSA) is 798 Å². The van der Waals surface area contributed by atoms with Crippen LogP contribution in [0.5, 0.6) is 0 Å². The SMILES string of the molecule is N=C(N)NCCC[C@H](NC(=O)[C@H](CCCNC(=N)N)NC(=O)[C@H](CCCNC(=N)N)NC(=O)[C@H](CCCNC(=N)N)NC(=O)[C@H](CCCNC(=N)N)NC(=O)[C@H](CCC(N)=O)NC(=O)[C@H](CCCCN)NC(=O)[C@H](CCCCN)NC(=O)[C@H](CCCNC(=N)N)NC(=O)CN)C(N)=O. The minimum atomic E-state index is -1.67. The predicted octanol–water partition coefficient (Wildman–Crippen LogP) is -11.1. The van der Waals surface area contributed by atoms with Gasteiger partial charge in [-0.05, 0) is 135 Å². The number of primary amides is 2. The lowest BCUT2D eigenvalue weighted by Crippen LogP contribution is -2.60. The van der Waals surface area contributed by atoms with Crippen LogP contribution in [0.4, 0.5) is 0 Å². The van der Waals surface area contributed by atoms with E-state index in [1.807, 2.05) is 0 Å². The van der Waals surface area contributed by atoms with Crippen LogP contribution < -0.4 is 143 Å². The molecule has 43 nitrogen and oxygen atoms in total. The van der Waals surface area contributed by atoms with Gasteiger partial charge in [0.1, 0.15) is 54.4 Å². The molecule has 0 aromatic carbocycles. The van der Waals surface area contributed by atoms with Gasteiger partial charge in [0, 0.05) is 45.7 Å². The first-order valence-electron chi connectivity index (χ1n) is 32.2. The molecule has 556 valence electrons. The molecule has 0 rings (SSSR count). The first kappa shape index (κ1) is 87.7. The summed E-state index contributed by atoms with van der Waals surface area (Å²) in [5.74, 6) is -12.3. The average molecular weight is 1400 g/mol. The molecule has 0 saturated carbocycles. The van der Waals surface area contributed by atoms with E-state index in [1.54, 1.807) is 0 Å². The summed E-state index contributed by atoms with van der Waals surface area (Å²) in [5.41, 5.74) is 60.9. The van der Waals surface area contributed by atoms with Crippen LogP contribution >= 0.6 is 0 Å². The number of nitrogens with one attached hydrogen (secondary N) is 21. The second-order valence-corrected chi connectivity index (χ2v) is 22.7. The van der Waals surface area contributed by atoms with Gasteiger partial charge >= 0.3 is 0 Å². The Bertz CT molecular complexity index is 2640. The molecule has 0 spiro atoms. The zero-order valence-corrected chi connectivity index (χ0v) is 55.5. The van der Waals surface area contributed by atoms with Crippen molar-refractivity contribution in [2.45, 2.75) is 183 Å². The molecule has 9 atom stereocenters. The van der Waals surface area contributed by atoms with Gasteiger partial charge in [0.15, 0.2) is 35.8 Å². The Balaban J connectivity index is 7.52. The summed E-state index contributed by atoms with van der Waals surface area (Å²) < 4.78 is 0. The highest BCUT2D eigenvalue weighted by atomic mass is 16.2. The molecule has 0 bridgehead atoms. The fourth-order valence-electron chi connectivity index (χ4n) is 9.32. The van der Waals surface area contributed by atoms with Gasteiger partial charge in [-0.25, -0.2) is 0 Å². The summed E-state index contributed by atoms with van der Waals surface area (Å²) in [6.07, 6.45) is 0.203. The maximum Gasteiger partial charge on any atom is 0.243 e. The number of rotatable bonds is 54. The number of hydrogen-bond donors (Lipinski definition) is 32. The highest BCUT2D eigenvalue weighted by Gasteiger charge is 2.36. The van der Waals surface area contributed by atoms with Crippen LogP contribution in [0.15, 0.2) is 0 Å². The maximum absolute atomic E-state index is 14.7. The molecule has 98 heavy (non-hydrogen) atoms. The quantitative estimate of drug-likeness (QED) is 0.0153. The highest BCUT2D eigenvalue weighted by molar-refractivity contribution is 5.99. The standard InChI is InChI=1S/C55H110N32O11/c56-21-3-1-11-32(81-42(91)31(79-40(89)29-58)14-6-24-74-51(63)64)44(93)82-33(12-2-4-22-57)45(94)87-38(19-20-39(59)88)49(98)86-37(18-10-28-78-55(71)72)48(97)85-36(17-9-27-77-54(69)70)47(96)84-35(16-8-26-76-53(67)68)46(95)83-34(15-7-25-75-52(65)66)43(92)80-30(41(60)90)13-5-23-73-50(61)62/h30-38H,1-29,56-58H2,(H2,59,88)(H2,60,90)(H,79,89)(H,80,92)(H,81,91)(H,82,93)(H,83,95)(H,84,96)(H,85,97)(H,86,98)(H,87,94)(H4,61,62,73)(H4,63,64,74)(H4,65,66,75)(H4,67,68,76)(H4,69,70,77)(H4,71,72,78)/t30-,31-,32-,33-,34-,35-,36-,37-,38-/m0/s1. The molecule has 0 aliphatic carbocycles. The van der Waals surface area contributed by atoms with Crippen LogP contribution in [-0.4, -0.2) is 214 Å². The van der Waals surface area contributed by atoms with Crippen molar-refractivity contribution in [3.63, 3.8) is 0 Å². The lowest BCUT2D eigenvalue weighted by molar-refractivity contribution is -0.136. The number of guanidine groups is 6. The fourth-order valence-corrected chi connectivity index (χ4v) is 9.32. The molecule has 0 heterocycles. The number of amides is 11. The van der Waals surface area contributed by atoms with Crippen LogP contribution in [0.1, 0.15) is 128 Å². The molecule has 0 radical (unpaired) electrons. The van der Waals surface area contributed by atoms with Crippen LogP contribution in [0.2, 0.25) is 0 Å². The van der Waals surface area contributed by atoms with Gasteiger partial charge in [0.2, 0.25) is 65.0 Å². The molecule has 43 heteroatoms. The van der Waals surface area contributed by atoms with E-state index in [0.29, 0.717) is 19.3 Å². The Hall–Kier alpha value is -10.3. The van der Waals surface area contributed by atoms with E-state index in [1.165, 1.54) is 0 Å². The maximum atomic E-state index is 14.7. The van der Waals surface area contributed by atoms with Crippen molar-refractivity contribution in [1.29, 1.82) is 32.5 Å². The van der Waals surface area contributed by atoms with Gasteiger partial charge in [-0.15, -0.1) is 0 Å². The van der Waals surface area contributed by atoms with E-state index in [2.05, 4.69) is 79.8 Å². The van der Waals surface area contributed by atoms with Gasteiger partial charge in [-0.1, -0.05) is 0 Å². The smallest absolute Gasteiger partial charge is 0.243 e. The summed E-state index contributed by atoms with van der Waals surface area (Å²) in [7, 11) is 0. The Morgan fingerprint density at radius 2 is 0.449 bits per heavy atom. The van der Waals surface area contributed by atoms with E-state index in [-0.39, 0.29) is 167 Å². The highest BCUT2D eigenvalue weighted by Crippen LogP contribution is 2.12. The Morgan fingerprint density at radius 3 is 0.643 bits per heavy atom. The minimum Gasteiger partial charge on any atom is -0.370 e. The molecule has 0 aromatic rings. The van der Waals surface area contributed by atoms with E-state index in [0.717, 1.165) is 0 Å². The molecule has 0 aliphatic rings. The molecule has 11 amide bonds. The number of unbranched alkanes of at least 4 members (excludes halogenated alkanes) is 2. The van der Waals surface area contributed by atoms with Gasteiger partial charge in [-0.2, -0.15) is 0 Å². The fraction of sp³-hybridized carbons (Fsp3) is 0.691. The van der Waals surface area contributed by atoms with Gasteiger partial charge in [0.05, 0.1) is 6.54 Å². The van der Waals surface area contributed by atoms with Crippen molar-refractivity contribution in [2.24, 2.45) is 63.1 Å². The minimum absolute atomic E-state index is 0.00787. The lowest BCUT2D eigenvalue weighted by atomic mass is 10.0. The summed E-state index contributed by atoms with van der Waals surface area (Å²) in [5, 5.41) is 84.1. The molecule has 0 aromatic heterocycles. The molecule has 0 unspecified atom stereocenters. The molecule has 0 fully saturated rings. The number of hydrogen-bond acceptors (Lipinski definition) is 20. The number of carbonyl (C=O) groups excluding carboxylic acids is 11. The molecule has 0 aliphatic heterocycles. The van der Waals surface area contributed by atoms with Crippen LogP contribution in [-0.2, 0) is 52.7 Å². The van der Waals surface area contributed by atoms with Crippen molar-refractivity contribution in [3.8, 4) is 0 Å². The van der Waals surface area contributed by atoms with E-state index >= 15 is 0 Å². The monoisotopic (exact) mass is 1390 g/mol. The second-order valence-electron chi connectivity index (χ2n) is 22.7. The average Bonchev–Trinajstić information content (AvgIpc) is 0.875. The first-order chi connectivity index (χ1) is 46.3. The molecule has 0 saturated heterocycles. The van der Waals surface area contributed by atoms with Crippen LogP contribution in [0.3, 0.4) is 0 Å². The van der Waals surface area contributed by atoms with Crippen molar-refractivity contribution in [3.05, 3.63) is 0 Å². The van der Waals surface area contributed by atoms with Crippen molar-refractivity contribution in [1.82, 2.24) is 79.8 Å². The second kappa shape index (κ2) is 51.0. The number of carbonyl (C=O) groups is 11. The van der Waals surface area contributed by atoms with Gasteiger partial charge in [0.25, 0.3) is 0 Å². The lowest BCUT2D eigenvalue weighted by Gasteiger charge is -2.28. The Labute approximate surface area is 568 Å². The Morgan fingerprint density at radius 1 is 0.255 bits per heavy atom. The van der Waals surface area contributed by atoms with E-state index < -0.39 is 157 Å². The zero-order valence-electron chi connectivity index (χ0n) is 55.5. The summed E-state index contributed by atoms with van der Waals surface area (Å²) >= 11 is 0. The normalized spacial score (nSPS) is 13.5. The molecular formula is C55H110N32O11. The zero-order chi connectivity index (χ0) is 74.1. The largest absolute Gasteiger partial charge is 0.370 e. The third-order valence-electron chi connectivity index (χ3n) is 14.4. The summed E-state index contributed by atoms with van der Waals surface area (Å²) in [6.45, 7) is 0.264. The Kier molecular flexibility index (Phi) is 45.6.